The van der Waals surface area contributed by atoms with Gasteiger partial charge in [-0.1, -0.05) is 0 Å². The lowest BCUT2D eigenvalue weighted by Crippen LogP contribution is -2.51. The van der Waals surface area contributed by atoms with Crippen LogP contribution in [0.5, 0.6) is 0 Å². The molecule has 0 unspecified atom stereocenters. The zero-order valence-corrected chi connectivity index (χ0v) is 15.4. The molecule has 5 nitrogen and oxygen atoms in total. The van der Waals surface area contributed by atoms with Crippen LogP contribution >= 0.6 is 22.6 Å². The Morgan fingerprint density at radius 2 is 2.08 bits per heavy atom. The number of hydrogen-bond donors (Lipinski definition) is 2. The third-order valence-electron chi connectivity index (χ3n) is 5.14. The first-order valence-electron chi connectivity index (χ1n) is 8.39. The van der Waals surface area contributed by atoms with Crippen molar-refractivity contribution in [3.63, 3.8) is 0 Å². The van der Waals surface area contributed by atoms with Gasteiger partial charge < -0.3 is 15.3 Å². The van der Waals surface area contributed by atoms with Crippen LogP contribution in [-0.4, -0.2) is 35.3 Å². The summed E-state index contributed by atoms with van der Waals surface area (Å²) in [6.45, 7) is 1.73. The molecule has 2 N–H and O–H groups in total. The molecule has 2 atom stereocenters. The summed E-state index contributed by atoms with van der Waals surface area (Å²) in [7, 11) is 0. The highest BCUT2D eigenvalue weighted by Gasteiger charge is 2.38. The molecule has 2 heterocycles. The molecule has 1 aliphatic carbocycles. The maximum atomic E-state index is 11.1. The van der Waals surface area contributed by atoms with Gasteiger partial charge in [-0.2, -0.15) is 0 Å². The molecule has 2 aliphatic rings. The van der Waals surface area contributed by atoms with Crippen molar-refractivity contribution in [2.75, 3.05) is 18.0 Å². The topological polar surface area (TPSA) is 65.5 Å². The van der Waals surface area contributed by atoms with Gasteiger partial charge in [-0.25, -0.2) is 4.79 Å². The zero-order chi connectivity index (χ0) is 16.7. The van der Waals surface area contributed by atoms with Crippen molar-refractivity contribution < 1.29 is 9.90 Å². The average molecular weight is 437 g/mol. The third kappa shape index (κ3) is 3.16. The summed E-state index contributed by atoms with van der Waals surface area (Å²) >= 11 is 2.32. The third-order valence-corrected chi connectivity index (χ3v) is 6.01. The van der Waals surface area contributed by atoms with Crippen molar-refractivity contribution in [1.82, 2.24) is 10.3 Å². The smallest absolute Gasteiger partial charge is 0.404 e. The summed E-state index contributed by atoms with van der Waals surface area (Å²) in [5, 5.41) is 13.0. The Balaban J connectivity index is 1.69. The first-order chi connectivity index (χ1) is 11.6. The van der Waals surface area contributed by atoms with Gasteiger partial charge in [-0.15, -0.1) is 0 Å². The van der Waals surface area contributed by atoms with Gasteiger partial charge in [0.05, 0.1) is 11.6 Å². The SMILES string of the molecule is O=C(O)N[C@@H]1C[C@H](C2CC2)CN(c2ccc(I)c3ncccc23)C1. The van der Waals surface area contributed by atoms with E-state index < -0.39 is 6.09 Å². The van der Waals surface area contributed by atoms with E-state index in [1.165, 1.54) is 18.5 Å². The minimum absolute atomic E-state index is 0.00662. The second-order valence-electron chi connectivity index (χ2n) is 6.85. The molecular formula is C18H20IN3O2. The number of pyridine rings is 1. The lowest BCUT2D eigenvalue weighted by molar-refractivity contribution is 0.184. The summed E-state index contributed by atoms with van der Waals surface area (Å²) in [6.07, 6.45) is 4.42. The highest BCUT2D eigenvalue weighted by Crippen LogP contribution is 2.42. The molecule has 0 radical (unpaired) electrons. The molecule has 2 fully saturated rings. The summed E-state index contributed by atoms with van der Waals surface area (Å²) in [6, 6.07) is 8.33. The molecule has 4 rings (SSSR count). The van der Waals surface area contributed by atoms with Crippen LogP contribution in [0.15, 0.2) is 30.5 Å². The number of nitrogens with zero attached hydrogens (tertiary/aromatic N) is 2. The number of carbonyl (C=O) groups is 1. The lowest BCUT2D eigenvalue weighted by Gasteiger charge is -2.39. The van der Waals surface area contributed by atoms with Crippen LogP contribution in [-0.2, 0) is 0 Å². The number of benzene rings is 1. The molecule has 1 aliphatic heterocycles. The molecule has 1 aromatic heterocycles. The normalized spacial score (nSPS) is 24.1. The molecule has 1 aromatic carbocycles. The lowest BCUT2D eigenvalue weighted by atomic mass is 9.89. The van der Waals surface area contributed by atoms with E-state index in [1.807, 2.05) is 12.3 Å². The summed E-state index contributed by atoms with van der Waals surface area (Å²) in [4.78, 5) is 18.0. The quantitative estimate of drug-likeness (QED) is 0.719. The van der Waals surface area contributed by atoms with Gasteiger partial charge in [0, 0.05) is 33.9 Å². The monoisotopic (exact) mass is 437 g/mol. The van der Waals surface area contributed by atoms with E-state index in [9.17, 15) is 4.79 Å². The van der Waals surface area contributed by atoms with Crippen LogP contribution < -0.4 is 10.2 Å². The molecule has 24 heavy (non-hydrogen) atoms. The molecule has 6 heteroatoms. The Kier molecular flexibility index (Phi) is 4.24. The van der Waals surface area contributed by atoms with Crippen molar-refractivity contribution >= 4 is 45.3 Å². The van der Waals surface area contributed by atoms with Crippen molar-refractivity contribution in [2.24, 2.45) is 11.8 Å². The Hall–Kier alpha value is -1.57. The summed E-state index contributed by atoms with van der Waals surface area (Å²) in [5.74, 6) is 1.33. The molecule has 1 saturated heterocycles. The summed E-state index contributed by atoms with van der Waals surface area (Å²) < 4.78 is 1.14. The number of piperidine rings is 1. The number of carboxylic acid groups (broad SMARTS) is 1. The highest BCUT2D eigenvalue weighted by atomic mass is 127. The number of nitrogens with one attached hydrogen (secondary N) is 1. The fourth-order valence-corrected chi connectivity index (χ4v) is 4.53. The Morgan fingerprint density at radius 3 is 2.83 bits per heavy atom. The Morgan fingerprint density at radius 1 is 1.25 bits per heavy atom. The Bertz CT molecular complexity index is 778. The molecular weight excluding hydrogens is 417 g/mol. The first-order valence-corrected chi connectivity index (χ1v) is 9.47. The van der Waals surface area contributed by atoms with Crippen LogP contribution in [0.25, 0.3) is 10.9 Å². The predicted octanol–water partition coefficient (Wildman–Crippen LogP) is 3.71. The van der Waals surface area contributed by atoms with Crippen molar-refractivity contribution in [2.45, 2.75) is 25.3 Å². The van der Waals surface area contributed by atoms with Gasteiger partial charge in [-0.3, -0.25) is 4.98 Å². The second kappa shape index (κ2) is 6.38. The number of anilines is 1. The predicted molar refractivity (Wildman–Crippen MR) is 102 cm³/mol. The Labute approximate surface area is 154 Å². The van der Waals surface area contributed by atoms with Crippen LogP contribution in [0.3, 0.4) is 0 Å². The minimum Gasteiger partial charge on any atom is -0.465 e. The number of aromatic nitrogens is 1. The van der Waals surface area contributed by atoms with E-state index in [2.05, 4.69) is 56.0 Å². The molecule has 1 saturated carbocycles. The molecule has 2 aromatic rings. The fraction of sp³-hybridized carbons (Fsp3) is 0.444. The maximum Gasteiger partial charge on any atom is 0.404 e. The average Bonchev–Trinajstić information content (AvgIpc) is 3.39. The van der Waals surface area contributed by atoms with Gasteiger partial charge in [0.2, 0.25) is 0 Å². The van der Waals surface area contributed by atoms with Crippen LogP contribution in [0.4, 0.5) is 10.5 Å². The summed E-state index contributed by atoms with van der Waals surface area (Å²) in [5.41, 5.74) is 2.19. The van der Waals surface area contributed by atoms with Crippen molar-refractivity contribution in [3.8, 4) is 0 Å². The van der Waals surface area contributed by atoms with E-state index in [-0.39, 0.29) is 6.04 Å². The van der Waals surface area contributed by atoms with Gasteiger partial charge in [0.15, 0.2) is 0 Å². The van der Waals surface area contributed by atoms with Crippen LogP contribution in [0.2, 0.25) is 0 Å². The van der Waals surface area contributed by atoms with Crippen LogP contribution in [0, 0.1) is 15.4 Å². The standard InChI is InChI=1S/C18H20IN3O2/c19-15-5-6-16(14-2-1-7-20-17(14)15)22-9-12(11-3-4-11)8-13(10-22)21-18(23)24/h1-2,5-7,11-13,21H,3-4,8-10H2,(H,23,24)/t12-,13+/m0/s1. The van der Waals surface area contributed by atoms with Gasteiger partial charge in [0.1, 0.15) is 0 Å². The molecule has 0 spiro atoms. The van der Waals surface area contributed by atoms with E-state index >= 15 is 0 Å². The van der Waals surface area contributed by atoms with Crippen molar-refractivity contribution in [3.05, 3.63) is 34.0 Å². The fourth-order valence-electron chi connectivity index (χ4n) is 3.92. The van der Waals surface area contributed by atoms with E-state index in [0.717, 1.165) is 39.9 Å². The highest BCUT2D eigenvalue weighted by molar-refractivity contribution is 14.1. The number of amides is 1. The largest absolute Gasteiger partial charge is 0.465 e. The number of rotatable bonds is 3. The number of fused-ring (bicyclic) bond motifs is 1. The van der Waals surface area contributed by atoms with Gasteiger partial charge >= 0.3 is 6.09 Å². The van der Waals surface area contributed by atoms with Gasteiger partial charge in [-0.05, 0) is 78.0 Å². The maximum absolute atomic E-state index is 11.1. The van der Waals surface area contributed by atoms with Crippen LogP contribution in [0.1, 0.15) is 19.3 Å². The zero-order valence-electron chi connectivity index (χ0n) is 13.3. The molecule has 126 valence electrons. The molecule has 0 bridgehead atoms. The number of halogens is 1. The number of hydrogen-bond acceptors (Lipinski definition) is 3. The van der Waals surface area contributed by atoms with E-state index in [1.54, 1.807) is 0 Å². The second-order valence-corrected chi connectivity index (χ2v) is 8.01. The first kappa shape index (κ1) is 15.9. The van der Waals surface area contributed by atoms with E-state index in [0.29, 0.717) is 5.92 Å². The minimum atomic E-state index is -0.925. The van der Waals surface area contributed by atoms with E-state index in [4.69, 9.17) is 5.11 Å². The van der Waals surface area contributed by atoms with Gasteiger partial charge in [0.25, 0.3) is 0 Å². The molecule has 1 amide bonds. The van der Waals surface area contributed by atoms with Crippen molar-refractivity contribution in [1.29, 1.82) is 0 Å².